The molecule has 1 rings (SSSR count). The topological polar surface area (TPSA) is 46.5 Å². The summed E-state index contributed by atoms with van der Waals surface area (Å²) < 4.78 is 170. The summed E-state index contributed by atoms with van der Waals surface area (Å²) in [5.41, 5.74) is -12.3. The maximum Gasteiger partial charge on any atom is 0.379 e. The van der Waals surface area contributed by atoms with E-state index in [9.17, 15) is 57.5 Å². The van der Waals surface area contributed by atoms with E-state index in [1.54, 1.807) is 0 Å². The lowest BCUT2D eigenvalue weighted by atomic mass is 9.70. The molecule has 1 aliphatic carbocycles. The largest absolute Gasteiger partial charge is 0.418 e. The first kappa shape index (κ1) is 24.4. The maximum atomic E-state index is 14.5. The van der Waals surface area contributed by atoms with Crippen LogP contribution in [-0.4, -0.2) is 65.2 Å². The molecule has 1 fully saturated rings. The van der Waals surface area contributed by atoms with Gasteiger partial charge in [0.05, 0.1) is 6.42 Å². The molecule has 4 atom stereocenters. The van der Waals surface area contributed by atoms with Crippen molar-refractivity contribution in [1.82, 2.24) is 0 Å². The van der Waals surface area contributed by atoms with Crippen LogP contribution >= 0.6 is 0 Å². The molecule has 0 radical (unpaired) electrons. The van der Waals surface area contributed by atoms with Gasteiger partial charge in [-0.25, -0.2) is 22.4 Å². The van der Waals surface area contributed by atoms with Gasteiger partial charge >= 0.3 is 35.4 Å². The molecule has 15 heteroatoms. The molecule has 0 aromatic rings. The van der Waals surface area contributed by atoms with E-state index in [2.05, 4.69) is 11.3 Å². The van der Waals surface area contributed by atoms with Gasteiger partial charge < -0.3 is 9.84 Å². The summed E-state index contributed by atoms with van der Waals surface area (Å²) in [5.74, 6) is -36.3. The van der Waals surface area contributed by atoms with Crippen molar-refractivity contribution < 1.29 is 67.3 Å². The van der Waals surface area contributed by atoms with Gasteiger partial charge in [0.25, 0.3) is 5.67 Å². The Hall–Kier alpha value is -1.67. The predicted octanol–water partition coefficient (Wildman–Crippen LogP) is 3.70. The highest BCUT2D eigenvalue weighted by molar-refractivity contribution is 5.81. The van der Waals surface area contributed by atoms with E-state index in [1.165, 1.54) is 0 Å². The average molecular weight is 442 g/mol. The Bertz CT molecular complexity index is 653. The molecule has 28 heavy (non-hydrogen) atoms. The van der Waals surface area contributed by atoms with Gasteiger partial charge in [0.1, 0.15) is 13.3 Å². The van der Waals surface area contributed by atoms with Crippen molar-refractivity contribution in [3.63, 3.8) is 0 Å². The minimum absolute atomic E-state index is 0.194. The molecule has 0 heterocycles. The van der Waals surface area contributed by atoms with Crippen molar-refractivity contribution in [2.24, 2.45) is 0 Å². The van der Waals surface area contributed by atoms with Crippen molar-refractivity contribution in [2.45, 2.75) is 47.2 Å². The lowest BCUT2D eigenvalue weighted by Crippen LogP contribution is -2.81. The summed E-state index contributed by atoms with van der Waals surface area (Å²) >= 11 is 0. The number of halogens is 12. The van der Waals surface area contributed by atoms with Crippen molar-refractivity contribution >= 4 is 5.97 Å². The molecule has 0 amide bonds. The number of ether oxygens (including phenoxy) is 1. The number of alkyl halides is 12. The van der Waals surface area contributed by atoms with Crippen LogP contribution in [0, 0.1) is 0 Å². The Kier molecular flexibility index (Phi) is 5.59. The first-order chi connectivity index (χ1) is 12.3. The quantitative estimate of drug-likeness (QED) is 0.411. The summed E-state index contributed by atoms with van der Waals surface area (Å²) in [7, 11) is 0. The van der Waals surface area contributed by atoms with E-state index in [0.29, 0.717) is 0 Å². The van der Waals surface area contributed by atoms with E-state index >= 15 is 0 Å². The molecule has 1 N–H and O–H groups in total. The molecule has 0 aromatic carbocycles. The van der Waals surface area contributed by atoms with Gasteiger partial charge in [-0.3, -0.25) is 0 Å². The Balaban J connectivity index is 4.01. The minimum Gasteiger partial charge on any atom is -0.418 e. The SMILES string of the molecule is C=CC(=O)OC1(F)CC(F)(CF)C(F)(F)C(F)(CF)C(F)(F)C(O)(F)C1(F)F. The number of carbonyl (C=O) groups excluding carboxylic acids is 1. The number of hydrogen-bond donors (Lipinski definition) is 1. The first-order valence-electron chi connectivity index (χ1n) is 6.87. The van der Waals surface area contributed by atoms with E-state index in [4.69, 9.17) is 5.11 Å². The van der Waals surface area contributed by atoms with Crippen LogP contribution < -0.4 is 0 Å². The third kappa shape index (κ3) is 2.60. The Labute approximate surface area is 147 Å². The number of hydrogen-bond acceptors (Lipinski definition) is 3. The molecule has 0 aliphatic heterocycles. The molecule has 0 aromatic heterocycles. The van der Waals surface area contributed by atoms with E-state index in [-0.39, 0.29) is 6.08 Å². The molecule has 1 saturated carbocycles. The van der Waals surface area contributed by atoms with Crippen LogP contribution in [0.25, 0.3) is 0 Å². The van der Waals surface area contributed by atoms with Gasteiger partial charge in [0, 0.05) is 6.08 Å². The lowest BCUT2D eigenvalue weighted by Gasteiger charge is -2.52. The first-order valence-corrected chi connectivity index (χ1v) is 6.87. The fourth-order valence-electron chi connectivity index (χ4n) is 2.44. The summed E-state index contributed by atoms with van der Waals surface area (Å²) in [5, 5.41) is 8.82. The highest BCUT2D eigenvalue weighted by Gasteiger charge is 2.93. The second-order valence-corrected chi connectivity index (χ2v) is 5.91. The maximum absolute atomic E-state index is 14.5. The molecule has 0 bridgehead atoms. The standard InChI is InChI=1S/C13H10F12O3/c1-2-6(26)28-9(18)3-7(16,4-14)10(19,20)8(17,5-15)11(21,22)13(25,27)12(9,23)24/h2,27H,1,3-5H2. The number of aliphatic hydroxyl groups is 1. The van der Waals surface area contributed by atoms with Crippen molar-refractivity contribution in [1.29, 1.82) is 0 Å². The molecular weight excluding hydrogens is 432 g/mol. The molecule has 4 unspecified atom stereocenters. The fraction of sp³-hybridized carbons (Fsp3) is 0.769. The summed E-state index contributed by atoms with van der Waals surface area (Å²) in [6, 6.07) is 0. The van der Waals surface area contributed by atoms with E-state index < -0.39 is 66.6 Å². The Morgan fingerprint density at radius 3 is 1.71 bits per heavy atom. The van der Waals surface area contributed by atoms with Gasteiger partial charge in [-0.15, -0.1) is 0 Å². The van der Waals surface area contributed by atoms with Crippen LogP contribution in [0.3, 0.4) is 0 Å². The number of esters is 1. The van der Waals surface area contributed by atoms with Crippen LogP contribution in [0.2, 0.25) is 0 Å². The average Bonchev–Trinajstić information content (AvgIpc) is 2.58. The zero-order valence-electron chi connectivity index (χ0n) is 13.2. The third-order valence-electron chi connectivity index (χ3n) is 4.19. The Morgan fingerprint density at radius 1 is 0.893 bits per heavy atom. The normalized spacial score (nSPS) is 42.2. The van der Waals surface area contributed by atoms with E-state index in [0.717, 1.165) is 0 Å². The number of carbonyl (C=O) groups is 1. The highest BCUT2D eigenvalue weighted by atomic mass is 19.3. The molecular formula is C13H10F12O3. The molecule has 3 nitrogen and oxygen atoms in total. The monoisotopic (exact) mass is 442 g/mol. The van der Waals surface area contributed by atoms with Gasteiger partial charge in [-0.2, -0.15) is 35.1 Å². The molecule has 0 saturated heterocycles. The van der Waals surface area contributed by atoms with Crippen LogP contribution in [0.15, 0.2) is 12.7 Å². The second kappa shape index (κ2) is 6.42. The van der Waals surface area contributed by atoms with Crippen LogP contribution in [0.4, 0.5) is 52.7 Å². The van der Waals surface area contributed by atoms with Crippen LogP contribution in [-0.2, 0) is 9.53 Å². The highest BCUT2D eigenvalue weighted by Crippen LogP contribution is 2.64. The zero-order valence-corrected chi connectivity index (χ0v) is 13.2. The second-order valence-electron chi connectivity index (χ2n) is 5.91. The van der Waals surface area contributed by atoms with Gasteiger partial charge in [-0.1, -0.05) is 6.58 Å². The summed E-state index contributed by atoms with van der Waals surface area (Å²) in [6.45, 7) is -4.68. The van der Waals surface area contributed by atoms with Crippen molar-refractivity contribution in [2.75, 3.05) is 13.3 Å². The lowest BCUT2D eigenvalue weighted by molar-refractivity contribution is -0.459. The summed E-state index contributed by atoms with van der Waals surface area (Å²) in [4.78, 5) is 10.9. The smallest absolute Gasteiger partial charge is 0.379 e. The third-order valence-corrected chi connectivity index (χ3v) is 4.19. The molecule has 164 valence electrons. The predicted molar refractivity (Wildman–Crippen MR) is 65.3 cm³/mol. The van der Waals surface area contributed by atoms with Gasteiger partial charge in [0.15, 0.2) is 0 Å². The van der Waals surface area contributed by atoms with Gasteiger partial charge in [-0.05, 0) is 0 Å². The Morgan fingerprint density at radius 2 is 1.36 bits per heavy atom. The zero-order chi connectivity index (χ0) is 22.6. The molecule has 1 aliphatic rings. The van der Waals surface area contributed by atoms with Crippen LogP contribution in [0.5, 0.6) is 0 Å². The number of rotatable bonds is 4. The fourth-order valence-corrected chi connectivity index (χ4v) is 2.44. The van der Waals surface area contributed by atoms with Crippen molar-refractivity contribution in [3.05, 3.63) is 12.7 Å². The summed E-state index contributed by atoms with van der Waals surface area (Å²) in [6.07, 6.45) is -3.70. The molecule has 0 spiro atoms. The van der Waals surface area contributed by atoms with E-state index in [1.807, 2.05) is 0 Å². The van der Waals surface area contributed by atoms with Gasteiger partial charge in [0.2, 0.25) is 5.67 Å². The van der Waals surface area contributed by atoms with Crippen LogP contribution in [0.1, 0.15) is 6.42 Å². The minimum atomic E-state index is -7.30. The van der Waals surface area contributed by atoms with Crippen molar-refractivity contribution in [3.8, 4) is 0 Å².